The normalized spacial score (nSPS) is 9.56. The number of aryl methyl sites for hydroxylation is 2. The van der Waals surface area contributed by atoms with Crippen LogP contribution in [0.25, 0.3) is 22.5 Å². The van der Waals surface area contributed by atoms with E-state index in [1.807, 2.05) is 60.9 Å². The summed E-state index contributed by atoms with van der Waals surface area (Å²) in [6.45, 7) is 4.16. The van der Waals surface area contributed by atoms with Crippen LogP contribution in [0.2, 0.25) is 0 Å². The molecule has 0 unspecified atom stereocenters. The van der Waals surface area contributed by atoms with Crippen LogP contribution in [-0.2, 0) is 20.1 Å². The van der Waals surface area contributed by atoms with Gasteiger partial charge in [0.05, 0.1) is 11.4 Å². The Morgan fingerprint density at radius 3 is 1.19 bits per heavy atom. The number of rotatable bonds is 2. The molecule has 0 aliphatic heterocycles. The van der Waals surface area contributed by atoms with Crippen LogP contribution in [0.15, 0.2) is 97.3 Å². The van der Waals surface area contributed by atoms with Gasteiger partial charge in [0, 0.05) is 23.5 Å². The average molecular weight is 531 g/mol. The fraction of sp³-hybridized carbons (Fsp3) is 0.0833. The van der Waals surface area contributed by atoms with Gasteiger partial charge < -0.3 is 0 Å². The molecule has 4 aromatic rings. The zero-order chi connectivity index (χ0) is 18.2. The Labute approximate surface area is 174 Å². The standard InChI is InChI=1S/2C12H11N.Ir/c2*1-10-6-5-9-13-12(10)11-7-3-2-4-8-11;/h2*2-9H,1H3;/q;;+3. The van der Waals surface area contributed by atoms with Crippen LogP contribution in [0, 0.1) is 13.8 Å². The van der Waals surface area contributed by atoms with E-state index in [-0.39, 0.29) is 20.1 Å². The SMILES string of the molecule is Cc1cccnc1-c1ccccc1.Cc1cccnc1-c1ccccc1.[Ir+3]. The van der Waals surface area contributed by atoms with Gasteiger partial charge in [0.15, 0.2) is 0 Å². The number of hydrogen-bond donors (Lipinski definition) is 0. The molecule has 0 aliphatic carbocycles. The molecule has 134 valence electrons. The predicted octanol–water partition coefficient (Wildman–Crippen LogP) is 6.11. The van der Waals surface area contributed by atoms with Crippen molar-refractivity contribution in [3.8, 4) is 22.5 Å². The van der Waals surface area contributed by atoms with Crippen molar-refractivity contribution >= 4 is 0 Å². The van der Waals surface area contributed by atoms with Gasteiger partial charge in [0.2, 0.25) is 0 Å². The molecule has 4 rings (SSSR count). The summed E-state index contributed by atoms with van der Waals surface area (Å²) in [6, 6.07) is 28.5. The monoisotopic (exact) mass is 531 g/mol. The van der Waals surface area contributed by atoms with Crippen molar-refractivity contribution in [3.63, 3.8) is 0 Å². The summed E-state index contributed by atoms with van der Waals surface area (Å²) in [5.41, 5.74) is 6.94. The summed E-state index contributed by atoms with van der Waals surface area (Å²) < 4.78 is 0. The van der Waals surface area contributed by atoms with E-state index in [4.69, 9.17) is 0 Å². The van der Waals surface area contributed by atoms with Gasteiger partial charge in [-0.15, -0.1) is 0 Å². The van der Waals surface area contributed by atoms with Gasteiger partial charge >= 0.3 is 20.1 Å². The van der Waals surface area contributed by atoms with E-state index in [1.165, 1.54) is 22.3 Å². The average Bonchev–Trinajstić information content (AvgIpc) is 2.71. The largest absolute Gasteiger partial charge is 3.00 e. The Morgan fingerprint density at radius 1 is 0.481 bits per heavy atom. The summed E-state index contributed by atoms with van der Waals surface area (Å²) in [7, 11) is 0. The van der Waals surface area contributed by atoms with Gasteiger partial charge in [-0.05, 0) is 37.1 Å². The van der Waals surface area contributed by atoms with Gasteiger partial charge in [-0.25, -0.2) is 0 Å². The minimum Gasteiger partial charge on any atom is -0.256 e. The molecule has 0 saturated carbocycles. The van der Waals surface area contributed by atoms with E-state index >= 15 is 0 Å². The fourth-order valence-corrected chi connectivity index (χ4v) is 2.77. The Balaban J connectivity index is 0.000000187. The molecule has 2 nitrogen and oxygen atoms in total. The number of benzene rings is 2. The van der Waals surface area contributed by atoms with E-state index in [9.17, 15) is 0 Å². The van der Waals surface area contributed by atoms with Gasteiger partial charge in [-0.3, -0.25) is 9.97 Å². The smallest absolute Gasteiger partial charge is 0.256 e. The zero-order valence-electron chi connectivity index (χ0n) is 15.5. The first-order valence-electron chi connectivity index (χ1n) is 8.70. The summed E-state index contributed by atoms with van der Waals surface area (Å²) in [6.07, 6.45) is 3.66. The maximum atomic E-state index is 4.35. The topological polar surface area (TPSA) is 25.8 Å². The van der Waals surface area contributed by atoms with Crippen molar-refractivity contribution < 1.29 is 20.1 Å². The maximum absolute atomic E-state index is 4.35. The van der Waals surface area contributed by atoms with E-state index in [0.717, 1.165) is 11.4 Å². The zero-order valence-corrected chi connectivity index (χ0v) is 17.9. The van der Waals surface area contributed by atoms with Gasteiger partial charge in [0.25, 0.3) is 0 Å². The van der Waals surface area contributed by atoms with Crippen LogP contribution < -0.4 is 0 Å². The molecule has 0 radical (unpaired) electrons. The first kappa shape index (κ1) is 20.7. The first-order valence-corrected chi connectivity index (χ1v) is 8.70. The van der Waals surface area contributed by atoms with E-state index in [1.54, 1.807) is 0 Å². The van der Waals surface area contributed by atoms with Gasteiger partial charge in [0.1, 0.15) is 0 Å². The number of aromatic nitrogens is 2. The number of nitrogens with zero attached hydrogens (tertiary/aromatic N) is 2. The van der Waals surface area contributed by atoms with E-state index in [0.29, 0.717) is 0 Å². The molecule has 0 amide bonds. The van der Waals surface area contributed by atoms with Crippen LogP contribution in [0.5, 0.6) is 0 Å². The summed E-state index contributed by atoms with van der Waals surface area (Å²) in [5, 5.41) is 0. The van der Waals surface area contributed by atoms with Crippen molar-refractivity contribution in [2.45, 2.75) is 13.8 Å². The maximum Gasteiger partial charge on any atom is 3.00 e. The molecule has 0 N–H and O–H groups in total. The Kier molecular flexibility index (Phi) is 8.06. The molecule has 27 heavy (non-hydrogen) atoms. The summed E-state index contributed by atoms with van der Waals surface area (Å²) in [5.74, 6) is 0. The summed E-state index contributed by atoms with van der Waals surface area (Å²) in [4.78, 5) is 8.70. The third-order valence-electron chi connectivity index (χ3n) is 4.11. The van der Waals surface area contributed by atoms with Crippen LogP contribution in [-0.4, -0.2) is 9.97 Å². The molecule has 0 bridgehead atoms. The second kappa shape index (κ2) is 10.5. The molecule has 0 atom stereocenters. The molecule has 2 aromatic carbocycles. The second-order valence-electron chi connectivity index (χ2n) is 6.07. The molecular formula is C24H22IrN2+3. The molecule has 0 fully saturated rings. The van der Waals surface area contributed by atoms with Crippen molar-refractivity contribution in [1.82, 2.24) is 9.97 Å². The van der Waals surface area contributed by atoms with E-state index in [2.05, 4.69) is 60.2 Å². The molecule has 2 heterocycles. The van der Waals surface area contributed by atoms with Crippen molar-refractivity contribution in [1.29, 1.82) is 0 Å². The predicted molar refractivity (Wildman–Crippen MR) is 109 cm³/mol. The molecule has 2 aromatic heterocycles. The third kappa shape index (κ3) is 5.68. The Bertz CT molecular complexity index is 873. The number of hydrogen-bond acceptors (Lipinski definition) is 2. The molecule has 3 heteroatoms. The second-order valence-corrected chi connectivity index (χ2v) is 6.07. The van der Waals surface area contributed by atoms with Gasteiger partial charge in [-0.1, -0.05) is 72.8 Å². The Hall–Kier alpha value is -2.61. The molecule has 0 aliphatic rings. The quantitative estimate of drug-likeness (QED) is 0.313. The van der Waals surface area contributed by atoms with Crippen LogP contribution >= 0.6 is 0 Å². The Morgan fingerprint density at radius 2 is 0.852 bits per heavy atom. The number of pyridine rings is 2. The third-order valence-corrected chi connectivity index (χ3v) is 4.11. The molecule has 0 spiro atoms. The minimum absolute atomic E-state index is 0. The first-order chi connectivity index (χ1) is 12.8. The van der Waals surface area contributed by atoms with Crippen molar-refractivity contribution in [3.05, 3.63) is 108 Å². The molecular weight excluding hydrogens is 508 g/mol. The van der Waals surface area contributed by atoms with E-state index < -0.39 is 0 Å². The van der Waals surface area contributed by atoms with Crippen molar-refractivity contribution in [2.75, 3.05) is 0 Å². The van der Waals surface area contributed by atoms with Gasteiger partial charge in [-0.2, -0.15) is 0 Å². The van der Waals surface area contributed by atoms with Crippen LogP contribution in [0.3, 0.4) is 0 Å². The molecule has 0 saturated heterocycles. The van der Waals surface area contributed by atoms with Crippen LogP contribution in [0.1, 0.15) is 11.1 Å². The van der Waals surface area contributed by atoms with Crippen LogP contribution in [0.4, 0.5) is 0 Å². The fourth-order valence-electron chi connectivity index (χ4n) is 2.77. The van der Waals surface area contributed by atoms with Crippen molar-refractivity contribution in [2.24, 2.45) is 0 Å². The summed E-state index contributed by atoms with van der Waals surface area (Å²) >= 11 is 0. The minimum atomic E-state index is 0.